The molecule has 27 heavy (non-hydrogen) atoms. The van der Waals surface area contributed by atoms with Crippen molar-refractivity contribution in [2.45, 2.75) is 38.1 Å². The van der Waals surface area contributed by atoms with Crippen LogP contribution in [0.25, 0.3) is 11.4 Å². The molecule has 0 radical (unpaired) electrons. The molecular formula is C22H25N3O2. The third-order valence-electron chi connectivity index (χ3n) is 7.03. The standard InChI is InChI=1S/C22H25N3O2/c1-25(20-15-9-13-8-14(11-15)12-16(20)10-13)22(27)17-5-6-19(24-21(17)26)18-4-2-3-7-23-18/h2-7,13-16,20H,8-12H2,1H3,(H,24,26). The van der Waals surface area contributed by atoms with E-state index >= 15 is 0 Å². The Bertz CT molecular complexity index is 893. The second-order valence-electron chi connectivity index (χ2n) is 8.67. The average molecular weight is 363 g/mol. The number of amides is 1. The summed E-state index contributed by atoms with van der Waals surface area (Å²) in [5.74, 6) is 2.81. The van der Waals surface area contributed by atoms with Crippen molar-refractivity contribution >= 4 is 5.91 Å². The summed E-state index contributed by atoms with van der Waals surface area (Å²) in [6.07, 6.45) is 8.10. The Balaban J connectivity index is 1.40. The predicted molar refractivity (Wildman–Crippen MR) is 103 cm³/mol. The van der Waals surface area contributed by atoms with E-state index in [0.29, 0.717) is 29.3 Å². The number of pyridine rings is 2. The summed E-state index contributed by atoms with van der Waals surface area (Å²) in [6, 6.07) is 9.27. The summed E-state index contributed by atoms with van der Waals surface area (Å²) in [6.45, 7) is 0. The van der Waals surface area contributed by atoms with E-state index in [-0.39, 0.29) is 17.0 Å². The maximum absolute atomic E-state index is 13.1. The van der Waals surface area contributed by atoms with Crippen LogP contribution in [0.4, 0.5) is 0 Å². The van der Waals surface area contributed by atoms with Crippen molar-refractivity contribution in [3.8, 4) is 11.4 Å². The van der Waals surface area contributed by atoms with Gasteiger partial charge in [-0.1, -0.05) is 6.07 Å². The topological polar surface area (TPSA) is 66.1 Å². The summed E-state index contributed by atoms with van der Waals surface area (Å²) in [5.41, 5.74) is 1.22. The van der Waals surface area contributed by atoms with Gasteiger partial charge in [0.15, 0.2) is 0 Å². The molecule has 4 aliphatic rings. The zero-order valence-corrected chi connectivity index (χ0v) is 15.6. The first kappa shape index (κ1) is 16.7. The Kier molecular flexibility index (Phi) is 3.92. The van der Waals surface area contributed by atoms with Crippen molar-refractivity contribution < 1.29 is 4.79 Å². The number of aromatic amines is 1. The van der Waals surface area contributed by atoms with Gasteiger partial charge in [-0.05, 0) is 80.0 Å². The highest BCUT2D eigenvalue weighted by Crippen LogP contribution is 2.55. The molecule has 140 valence electrons. The molecule has 1 amide bonds. The minimum Gasteiger partial charge on any atom is -0.338 e. The van der Waals surface area contributed by atoms with Gasteiger partial charge in [-0.15, -0.1) is 0 Å². The van der Waals surface area contributed by atoms with Gasteiger partial charge in [-0.25, -0.2) is 0 Å². The molecule has 2 aromatic heterocycles. The Morgan fingerprint density at radius 3 is 2.33 bits per heavy atom. The summed E-state index contributed by atoms with van der Waals surface area (Å²) < 4.78 is 0. The average Bonchev–Trinajstić information content (AvgIpc) is 2.67. The number of nitrogens with one attached hydrogen (secondary N) is 1. The number of nitrogens with zero attached hydrogens (tertiary/aromatic N) is 2. The van der Waals surface area contributed by atoms with Crippen LogP contribution in [-0.2, 0) is 0 Å². The lowest BCUT2D eigenvalue weighted by Gasteiger charge is -2.56. The van der Waals surface area contributed by atoms with E-state index in [4.69, 9.17) is 0 Å². The second kappa shape index (κ2) is 6.32. The SMILES string of the molecule is CN(C(=O)c1ccc(-c2ccccn2)[nH]c1=O)C1C2CC3CC(C2)CC1C3. The minimum atomic E-state index is -0.334. The van der Waals surface area contributed by atoms with E-state index in [1.54, 1.807) is 18.3 Å². The Hall–Kier alpha value is -2.43. The van der Waals surface area contributed by atoms with Gasteiger partial charge in [0, 0.05) is 19.3 Å². The first-order chi connectivity index (χ1) is 13.1. The zero-order valence-electron chi connectivity index (χ0n) is 15.6. The normalized spacial score (nSPS) is 31.1. The maximum atomic E-state index is 13.1. The molecular weight excluding hydrogens is 338 g/mol. The fraction of sp³-hybridized carbons (Fsp3) is 0.500. The number of aromatic nitrogens is 2. The first-order valence-electron chi connectivity index (χ1n) is 10.0. The van der Waals surface area contributed by atoms with Crippen molar-refractivity contribution in [2.24, 2.45) is 23.7 Å². The largest absolute Gasteiger partial charge is 0.338 e. The van der Waals surface area contributed by atoms with Crippen LogP contribution in [0.2, 0.25) is 0 Å². The fourth-order valence-electron chi connectivity index (χ4n) is 6.17. The quantitative estimate of drug-likeness (QED) is 0.910. The van der Waals surface area contributed by atoms with E-state index in [0.717, 1.165) is 11.8 Å². The second-order valence-corrected chi connectivity index (χ2v) is 8.67. The summed E-state index contributed by atoms with van der Waals surface area (Å²) in [4.78, 5) is 34.7. The molecule has 0 unspecified atom stereocenters. The van der Waals surface area contributed by atoms with Gasteiger partial charge in [-0.2, -0.15) is 0 Å². The molecule has 0 aromatic carbocycles. The van der Waals surface area contributed by atoms with E-state index < -0.39 is 0 Å². The molecule has 4 bridgehead atoms. The van der Waals surface area contributed by atoms with Gasteiger partial charge in [0.2, 0.25) is 0 Å². The lowest BCUT2D eigenvalue weighted by Crippen LogP contribution is -2.56. The van der Waals surface area contributed by atoms with E-state index in [2.05, 4.69) is 9.97 Å². The van der Waals surface area contributed by atoms with Gasteiger partial charge >= 0.3 is 0 Å². The predicted octanol–water partition coefficient (Wildman–Crippen LogP) is 3.33. The third kappa shape index (κ3) is 2.80. The highest BCUT2D eigenvalue weighted by Gasteiger charge is 2.50. The molecule has 5 nitrogen and oxygen atoms in total. The lowest BCUT2D eigenvalue weighted by atomic mass is 9.54. The lowest BCUT2D eigenvalue weighted by molar-refractivity contribution is -0.0491. The highest BCUT2D eigenvalue weighted by molar-refractivity contribution is 5.94. The van der Waals surface area contributed by atoms with Gasteiger partial charge in [0.1, 0.15) is 5.56 Å². The molecule has 5 heteroatoms. The summed E-state index contributed by atoms with van der Waals surface area (Å²) in [7, 11) is 1.89. The maximum Gasteiger partial charge on any atom is 0.261 e. The molecule has 4 aliphatic carbocycles. The van der Waals surface area contributed by atoms with Crippen molar-refractivity contribution in [3.05, 3.63) is 52.4 Å². The van der Waals surface area contributed by atoms with E-state index in [9.17, 15) is 9.59 Å². The van der Waals surface area contributed by atoms with Crippen LogP contribution in [0, 0.1) is 23.7 Å². The Morgan fingerprint density at radius 2 is 1.74 bits per heavy atom. The number of rotatable bonds is 3. The van der Waals surface area contributed by atoms with Crippen molar-refractivity contribution in [3.63, 3.8) is 0 Å². The van der Waals surface area contributed by atoms with Crippen molar-refractivity contribution in [1.82, 2.24) is 14.9 Å². The van der Waals surface area contributed by atoms with Gasteiger partial charge < -0.3 is 9.88 Å². The van der Waals surface area contributed by atoms with Crippen LogP contribution in [0.1, 0.15) is 42.5 Å². The number of hydrogen-bond donors (Lipinski definition) is 1. The smallest absolute Gasteiger partial charge is 0.261 e. The monoisotopic (exact) mass is 363 g/mol. The zero-order chi connectivity index (χ0) is 18.5. The molecule has 2 heterocycles. The molecule has 6 rings (SSSR count). The third-order valence-corrected chi connectivity index (χ3v) is 7.03. The Morgan fingerprint density at radius 1 is 1.04 bits per heavy atom. The van der Waals surface area contributed by atoms with Gasteiger partial charge in [0.05, 0.1) is 11.4 Å². The molecule has 4 fully saturated rings. The van der Waals surface area contributed by atoms with Crippen LogP contribution in [0.3, 0.4) is 0 Å². The first-order valence-corrected chi connectivity index (χ1v) is 10.0. The molecule has 4 saturated carbocycles. The molecule has 0 atom stereocenters. The minimum absolute atomic E-state index is 0.152. The summed E-state index contributed by atoms with van der Waals surface area (Å²) in [5, 5.41) is 0. The van der Waals surface area contributed by atoms with Gasteiger partial charge in [0.25, 0.3) is 11.5 Å². The number of carbonyl (C=O) groups is 1. The highest BCUT2D eigenvalue weighted by atomic mass is 16.2. The van der Waals surface area contributed by atoms with Gasteiger partial charge in [-0.3, -0.25) is 14.6 Å². The summed E-state index contributed by atoms with van der Waals surface area (Å²) >= 11 is 0. The van der Waals surface area contributed by atoms with Crippen LogP contribution >= 0.6 is 0 Å². The van der Waals surface area contributed by atoms with E-state index in [1.165, 1.54) is 32.1 Å². The number of hydrogen-bond acceptors (Lipinski definition) is 3. The Labute approximate surface area is 158 Å². The molecule has 0 aliphatic heterocycles. The van der Waals surface area contributed by atoms with Crippen LogP contribution in [0.5, 0.6) is 0 Å². The molecule has 1 N–H and O–H groups in total. The van der Waals surface area contributed by atoms with Crippen LogP contribution in [-0.4, -0.2) is 33.9 Å². The molecule has 0 saturated heterocycles. The fourth-order valence-corrected chi connectivity index (χ4v) is 6.17. The van der Waals surface area contributed by atoms with E-state index in [1.807, 2.05) is 30.1 Å². The van der Waals surface area contributed by atoms with Crippen LogP contribution < -0.4 is 5.56 Å². The van der Waals surface area contributed by atoms with Crippen molar-refractivity contribution in [2.75, 3.05) is 7.05 Å². The van der Waals surface area contributed by atoms with Crippen LogP contribution in [0.15, 0.2) is 41.3 Å². The molecule has 0 spiro atoms. The number of carbonyl (C=O) groups excluding carboxylic acids is 1. The number of H-pyrrole nitrogens is 1. The van der Waals surface area contributed by atoms with Crippen molar-refractivity contribution in [1.29, 1.82) is 0 Å². The molecule has 2 aromatic rings.